The third kappa shape index (κ3) is 8.54. The molecule has 332 valence electrons. The molecule has 0 bridgehead atoms. The molecule has 0 saturated carbocycles. The van der Waals surface area contributed by atoms with E-state index in [-0.39, 0.29) is 89.4 Å². The number of rotatable bonds is 9. The van der Waals surface area contributed by atoms with Gasteiger partial charge in [-0.1, -0.05) is 170 Å². The van der Waals surface area contributed by atoms with Crippen LogP contribution in [0, 0.1) is 24.4 Å². The molecule has 0 atom stereocenters. The molecule has 0 N–H and O–H groups in total. The number of nitrogens with zero attached hydrogens (tertiary/aromatic N) is 4. The molecule has 0 spiro atoms. The molecule has 0 saturated heterocycles. The minimum absolute atomic E-state index is 0. The summed E-state index contributed by atoms with van der Waals surface area (Å²) < 4.78 is 66.1. The van der Waals surface area contributed by atoms with Gasteiger partial charge in [0.1, 0.15) is 5.82 Å². The molecule has 5 nitrogen and oxygen atoms in total. The Morgan fingerprint density at radius 3 is 2.11 bits per heavy atom. The fourth-order valence-electron chi connectivity index (χ4n) is 8.61. The molecule has 7 aromatic carbocycles. The van der Waals surface area contributed by atoms with Crippen LogP contribution in [0.3, 0.4) is 0 Å². The first-order valence-electron chi connectivity index (χ1n) is 25.2. The second-order valence-electron chi connectivity index (χ2n) is 19.2. The average Bonchev–Trinajstić information content (AvgIpc) is 3.90. The smallest absolute Gasteiger partial charge is 0.268 e. The van der Waals surface area contributed by atoms with Gasteiger partial charge >= 0.3 is 0 Å². The predicted octanol–water partition coefficient (Wildman–Crippen LogP) is 14.7. The van der Waals surface area contributed by atoms with Gasteiger partial charge in [0, 0.05) is 45.6 Å². The number of fused-ring (bicyclic) bond motifs is 4. The molecule has 10 aromatic rings. The molecule has 6 heteroatoms. The fourth-order valence-corrected chi connectivity index (χ4v) is 8.61. The van der Waals surface area contributed by atoms with Crippen molar-refractivity contribution in [3.05, 3.63) is 199 Å². The first kappa shape index (κ1) is 37.6. The van der Waals surface area contributed by atoms with Crippen LogP contribution in [0.25, 0.3) is 72.3 Å². The largest absolute Gasteiger partial charge is 0.510 e. The van der Waals surface area contributed by atoms with E-state index in [0.717, 1.165) is 51.0 Å². The van der Waals surface area contributed by atoms with Crippen LogP contribution in [-0.4, -0.2) is 14.1 Å². The second-order valence-corrected chi connectivity index (χ2v) is 19.2. The molecule has 10 rings (SSSR count). The zero-order valence-electron chi connectivity index (χ0n) is 44.4. The van der Waals surface area contributed by atoms with Gasteiger partial charge in [-0.3, -0.25) is 4.57 Å². The van der Waals surface area contributed by atoms with Crippen molar-refractivity contribution < 1.29 is 38.6 Å². The number of benzene rings is 7. The van der Waals surface area contributed by atoms with Crippen molar-refractivity contribution in [1.82, 2.24) is 14.1 Å². The van der Waals surface area contributed by atoms with E-state index in [9.17, 15) is 2.74 Å². The van der Waals surface area contributed by atoms with Gasteiger partial charge in [0.2, 0.25) is 0 Å². The van der Waals surface area contributed by atoms with E-state index >= 15 is 0 Å². The summed E-state index contributed by atoms with van der Waals surface area (Å²) in [7, 11) is 0. The summed E-state index contributed by atoms with van der Waals surface area (Å²) >= 11 is 0. The maximum absolute atomic E-state index is 9.38. The first-order chi connectivity index (χ1) is 33.8. The van der Waals surface area contributed by atoms with E-state index < -0.39 is 12.1 Å². The van der Waals surface area contributed by atoms with Crippen LogP contribution in [0.4, 0.5) is 0 Å². The van der Waals surface area contributed by atoms with Crippen molar-refractivity contribution in [2.24, 2.45) is 5.92 Å². The van der Waals surface area contributed by atoms with Crippen molar-refractivity contribution in [3.8, 4) is 50.9 Å². The summed E-state index contributed by atoms with van der Waals surface area (Å²) in [5.74, 6) is 0.932. The van der Waals surface area contributed by atoms with Crippen molar-refractivity contribution in [3.63, 3.8) is 0 Å². The molecule has 0 aliphatic heterocycles. The third-order valence-electron chi connectivity index (χ3n) is 11.9. The minimum Gasteiger partial charge on any atom is -0.510 e. The van der Waals surface area contributed by atoms with Crippen LogP contribution in [-0.2, 0) is 38.3 Å². The number of pyridine rings is 1. The Hall–Kier alpha value is -6.55. The summed E-state index contributed by atoms with van der Waals surface area (Å²) in [5, 5.41) is 0.278. The Labute approximate surface area is 412 Å². The van der Waals surface area contributed by atoms with E-state index in [1.54, 1.807) is 16.8 Å². The van der Waals surface area contributed by atoms with Gasteiger partial charge in [-0.15, -0.1) is 29.6 Å². The number of ether oxygens (including phenoxy) is 1. The average molecular weight is 1050 g/mol. The molecule has 0 radical (unpaired) electrons. The van der Waals surface area contributed by atoms with Gasteiger partial charge in [0.15, 0.2) is 0 Å². The Morgan fingerprint density at radius 2 is 1.36 bits per heavy atom. The molecule has 0 fully saturated rings. The Morgan fingerprint density at radius 1 is 0.667 bits per heavy atom. The van der Waals surface area contributed by atoms with Gasteiger partial charge in [-0.2, -0.15) is 18.2 Å². The van der Waals surface area contributed by atoms with Gasteiger partial charge in [-0.25, -0.2) is 4.98 Å². The number of hydrogen-bond donors (Lipinski definition) is 0. The zero-order valence-corrected chi connectivity index (χ0v) is 40.7. The number of hydrogen-bond acceptors (Lipinski definition) is 2. The second kappa shape index (κ2) is 17.7. The molecule has 3 aromatic heterocycles. The molecule has 0 unspecified atom stereocenters. The summed E-state index contributed by atoms with van der Waals surface area (Å²) in [5.41, 5.74) is 11.3. The van der Waals surface area contributed by atoms with E-state index in [0.29, 0.717) is 17.4 Å². The van der Waals surface area contributed by atoms with Gasteiger partial charge < -0.3 is 13.9 Å². The van der Waals surface area contributed by atoms with E-state index in [2.05, 4.69) is 156 Å². The van der Waals surface area contributed by atoms with E-state index in [4.69, 9.17) is 10.2 Å². The van der Waals surface area contributed by atoms with E-state index in [1.165, 1.54) is 11.1 Å². The van der Waals surface area contributed by atoms with Crippen LogP contribution in [0.2, 0.25) is 0 Å². The van der Waals surface area contributed by atoms with Gasteiger partial charge in [-0.05, 0) is 92.7 Å². The summed E-state index contributed by atoms with van der Waals surface area (Å²) in [6.07, 6.45) is 6.17. The quantitative estimate of drug-likeness (QED) is 0.107. The first-order valence-corrected chi connectivity index (χ1v) is 22.2. The number of aromatic nitrogens is 4. The van der Waals surface area contributed by atoms with Crippen molar-refractivity contribution in [1.29, 1.82) is 0 Å². The van der Waals surface area contributed by atoms with Crippen LogP contribution in [0.15, 0.2) is 164 Å². The molecular weight excluding hydrogens is 988 g/mol. The topological polar surface area (TPSA) is 35.9 Å². The van der Waals surface area contributed by atoms with Gasteiger partial charge in [0.25, 0.3) is 6.33 Å². The maximum atomic E-state index is 9.38. The fraction of sp³-hybridized carbons (Fsp3) is 0.200. The van der Waals surface area contributed by atoms with Crippen LogP contribution < -0.4 is 9.30 Å². The Bertz CT molecular complexity index is 3700. The van der Waals surface area contributed by atoms with Crippen LogP contribution in [0.1, 0.15) is 80.3 Å². The Kier molecular flexibility index (Phi) is 10.1. The minimum atomic E-state index is -0.430. The van der Waals surface area contributed by atoms with Gasteiger partial charge in [0.05, 0.1) is 22.2 Å². The number of imidazole rings is 1. The van der Waals surface area contributed by atoms with Crippen LogP contribution >= 0.6 is 0 Å². The molecule has 0 amide bonds. The van der Waals surface area contributed by atoms with E-state index in [1.807, 2.05) is 47.0 Å². The van der Waals surface area contributed by atoms with Crippen molar-refractivity contribution in [2.75, 3.05) is 0 Å². The maximum Gasteiger partial charge on any atom is 0.268 e. The predicted molar refractivity (Wildman–Crippen MR) is 267 cm³/mol. The van der Waals surface area contributed by atoms with Crippen LogP contribution in [0.5, 0.6) is 11.5 Å². The zero-order chi connectivity index (χ0) is 50.3. The SMILES string of the molecule is [2H]c1c(Oc2[c-]c(-n3[c-][n+](-c4c(-c5ccccc5)cccc4-c4cc(C(C)(C)C)cc(C(C)(C)C)c4)c4ccccc43)ccc2)[c-]c2c(c1[2H])c1c([2H])c([2H])c([2H])c([2H])c1n2-c1cc(CC(C)C)ccn1.[Pt]. The third-order valence-corrected chi connectivity index (χ3v) is 11.9. The number of para-hydroxylation sites is 4. The molecule has 0 aliphatic carbocycles. The molecule has 66 heavy (non-hydrogen) atoms. The summed E-state index contributed by atoms with van der Waals surface area (Å²) in [6.45, 7) is 17.8. The summed E-state index contributed by atoms with van der Waals surface area (Å²) in [6, 6.07) is 46.1. The monoisotopic (exact) mass is 1050 g/mol. The van der Waals surface area contributed by atoms with Crippen molar-refractivity contribution >= 4 is 32.8 Å². The molecular formula is C60H54N4OPt-2. The Balaban J connectivity index is 0.00000640. The standard InChI is InChI=1S/C60H54N4O.Pt/c1-40(2)32-41-30-31-61-57(33-41)64-53-25-13-12-22-51(53)52-29-28-48(38-56(52)64)65-47-21-16-20-46(37-47)62-39-63(55-27-15-14-26-54(55)62)58-49(42-18-10-9-11-19-42)23-17-24-50(58)43-34-44(59(3,4)5)36-45(35-43)60(6,7)8;/h9-31,33-36,40H,32H2,1-8H3;/q-2;/i12D,13D,22D,25D,28D,29D;. The summed E-state index contributed by atoms with van der Waals surface area (Å²) in [4.78, 5) is 4.67. The van der Waals surface area contributed by atoms with Crippen molar-refractivity contribution in [2.45, 2.75) is 72.6 Å². The molecule has 0 aliphatic rings. The molecule has 3 heterocycles. The normalized spacial score (nSPS) is 13.3.